The minimum Gasteiger partial charge on any atom is -0.488 e. The predicted molar refractivity (Wildman–Crippen MR) is 93.5 cm³/mol. The van der Waals surface area contributed by atoms with Crippen LogP contribution in [0.25, 0.3) is 0 Å². The van der Waals surface area contributed by atoms with E-state index in [1.807, 2.05) is 6.92 Å². The largest absolute Gasteiger partial charge is 0.488 e. The summed E-state index contributed by atoms with van der Waals surface area (Å²) >= 11 is 12.1. The minimum absolute atomic E-state index is 0.128. The maximum absolute atomic E-state index is 11.1. The van der Waals surface area contributed by atoms with Gasteiger partial charge in [-0.1, -0.05) is 29.3 Å². The van der Waals surface area contributed by atoms with Crippen LogP contribution >= 0.6 is 23.2 Å². The molecule has 0 atom stereocenters. The summed E-state index contributed by atoms with van der Waals surface area (Å²) in [6.45, 7) is 2.65. The van der Waals surface area contributed by atoms with Crippen molar-refractivity contribution in [2.45, 2.75) is 6.92 Å². The molecule has 0 unspecified atom stereocenters. The molecule has 0 spiro atoms. The molecule has 0 fully saturated rings. The van der Waals surface area contributed by atoms with Crippen LogP contribution in [-0.4, -0.2) is 25.9 Å². The minimum atomic E-state index is -0.475. The standard InChI is InChI=1S/C17H17Cl2NO4/c1-2-20-17(21)23-9-8-22-16-7-6-14(11-15(16)19)24-13-5-3-4-12(18)10-13/h3-7,10-11H,2,8-9H2,1H3,(H,20,21). The molecule has 0 saturated heterocycles. The first-order chi connectivity index (χ1) is 11.6. The van der Waals surface area contributed by atoms with Crippen molar-refractivity contribution in [3.8, 4) is 17.2 Å². The Balaban J connectivity index is 1.86. The summed E-state index contributed by atoms with van der Waals surface area (Å²) in [7, 11) is 0. The van der Waals surface area contributed by atoms with E-state index in [1.165, 1.54) is 0 Å². The molecule has 0 saturated carbocycles. The lowest BCUT2D eigenvalue weighted by molar-refractivity contribution is 0.125. The number of benzene rings is 2. The van der Waals surface area contributed by atoms with E-state index in [0.29, 0.717) is 33.8 Å². The number of hydrogen-bond acceptors (Lipinski definition) is 4. The highest BCUT2D eigenvalue weighted by Crippen LogP contribution is 2.31. The van der Waals surface area contributed by atoms with Crippen LogP contribution < -0.4 is 14.8 Å². The van der Waals surface area contributed by atoms with Crippen molar-refractivity contribution in [1.29, 1.82) is 0 Å². The molecule has 0 radical (unpaired) electrons. The number of carbonyl (C=O) groups excluding carboxylic acids is 1. The van der Waals surface area contributed by atoms with E-state index in [0.717, 1.165) is 0 Å². The molecule has 1 amide bonds. The van der Waals surface area contributed by atoms with Gasteiger partial charge in [0, 0.05) is 17.6 Å². The summed E-state index contributed by atoms with van der Waals surface area (Å²) in [5.74, 6) is 1.66. The highest BCUT2D eigenvalue weighted by Gasteiger charge is 2.06. The Labute approximate surface area is 150 Å². The number of rotatable bonds is 7. The van der Waals surface area contributed by atoms with Gasteiger partial charge in [0.25, 0.3) is 0 Å². The fraction of sp³-hybridized carbons (Fsp3) is 0.235. The molecular formula is C17H17Cl2NO4. The van der Waals surface area contributed by atoms with Gasteiger partial charge in [0.2, 0.25) is 0 Å². The van der Waals surface area contributed by atoms with Crippen molar-refractivity contribution < 1.29 is 19.0 Å². The Morgan fingerprint density at radius 3 is 2.58 bits per heavy atom. The van der Waals surface area contributed by atoms with E-state index >= 15 is 0 Å². The Morgan fingerprint density at radius 1 is 1.08 bits per heavy atom. The third kappa shape index (κ3) is 5.83. The lowest BCUT2D eigenvalue weighted by Gasteiger charge is -2.11. The Hall–Kier alpha value is -2.11. The quantitative estimate of drug-likeness (QED) is 0.704. The Bertz CT molecular complexity index is 694. The molecule has 0 bridgehead atoms. The third-order valence-corrected chi connectivity index (χ3v) is 3.36. The topological polar surface area (TPSA) is 56.8 Å². The van der Waals surface area contributed by atoms with E-state index in [2.05, 4.69) is 5.32 Å². The maximum atomic E-state index is 11.1. The lowest BCUT2D eigenvalue weighted by Crippen LogP contribution is -2.25. The Morgan fingerprint density at radius 2 is 1.88 bits per heavy atom. The average molecular weight is 370 g/mol. The number of carbonyl (C=O) groups is 1. The zero-order valence-corrected chi connectivity index (χ0v) is 14.6. The number of amides is 1. The van der Waals surface area contributed by atoms with Gasteiger partial charge >= 0.3 is 6.09 Å². The molecule has 1 N–H and O–H groups in total. The van der Waals surface area contributed by atoms with Crippen LogP contribution in [0.2, 0.25) is 10.0 Å². The number of alkyl carbamates (subject to hydrolysis) is 1. The van der Waals surface area contributed by atoms with Gasteiger partial charge in [-0.25, -0.2) is 4.79 Å². The van der Waals surface area contributed by atoms with E-state index < -0.39 is 6.09 Å². The summed E-state index contributed by atoms with van der Waals surface area (Å²) in [6.07, 6.45) is -0.475. The van der Waals surface area contributed by atoms with Crippen LogP contribution in [0.15, 0.2) is 42.5 Å². The normalized spacial score (nSPS) is 10.1. The maximum Gasteiger partial charge on any atom is 0.407 e. The average Bonchev–Trinajstić information content (AvgIpc) is 2.53. The first-order valence-electron chi connectivity index (χ1n) is 7.35. The van der Waals surface area contributed by atoms with Crippen molar-refractivity contribution in [1.82, 2.24) is 5.32 Å². The first kappa shape index (κ1) is 18.2. The molecule has 0 heterocycles. The van der Waals surface area contributed by atoms with Gasteiger partial charge in [0.15, 0.2) is 0 Å². The van der Waals surface area contributed by atoms with Crippen LogP contribution in [0.1, 0.15) is 6.92 Å². The van der Waals surface area contributed by atoms with Gasteiger partial charge in [-0.3, -0.25) is 0 Å². The fourth-order valence-corrected chi connectivity index (χ4v) is 2.22. The van der Waals surface area contributed by atoms with Crippen molar-refractivity contribution in [2.24, 2.45) is 0 Å². The summed E-state index contributed by atoms with van der Waals surface area (Å²) in [5, 5.41) is 3.51. The van der Waals surface area contributed by atoms with Crippen LogP contribution in [0.5, 0.6) is 17.2 Å². The van der Waals surface area contributed by atoms with E-state index in [9.17, 15) is 4.79 Å². The third-order valence-electron chi connectivity index (χ3n) is 2.83. The molecular weight excluding hydrogens is 353 g/mol. The summed E-state index contributed by atoms with van der Waals surface area (Å²) in [5.41, 5.74) is 0. The van der Waals surface area contributed by atoms with Crippen LogP contribution in [0.3, 0.4) is 0 Å². The van der Waals surface area contributed by atoms with Crippen LogP contribution in [0, 0.1) is 0 Å². The van der Waals surface area contributed by atoms with E-state index in [4.69, 9.17) is 37.4 Å². The summed E-state index contributed by atoms with van der Waals surface area (Å²) in [6, 6.07) is 12.1. The number of hydrogen-bond donors (Lipinski definition) is 1. The fourth-order valence-electron chi connectivity index (χ4n) is 1.81. The van der Waals surface area contributed by atoms with Gasteiger partial charge in [0.1, 0.15) is 30.5 Å². The molecule has 0 aromatic heterocycles. The second kappa shape index (κ2) is 9.25. The molecule has 2 aromatic rings. The highest BCUT2D eigenvalue weighted by molar-refractivity contribution is 6.32. The molecule has 7 heteroatoms. The molecule has 0 aliphatic heterocycles. The van der Waals surface area contributed by atoms with Crippen molar-refractivity contribution in [3.63, 3.8) is 0 Å². The van der Waals surface area contributed by atoms with Crippen LogP contribution in [0.4, 0.5) is 4.79 Å². The zero-order chi connectivity index (χ0) is 17.4. The molecule has 0 aliphatic carbocycles. The SMILES string of the molecule is CCNC(=O)OCCOc1ccc(Oc2cccc(Cl)c2)cc1Cl. The monoisotopic (exact) mass is 369 g/mol. The van der Waals surface area contributed by atoms with Gasteiger partial charge < -0.3 is 19.5 Å². The van der Waals surface area contributed by atoms with Gasteiger partial charge in [0.05, 0.1) is 5.02 Å². The summed E-state index contributed by atoms with van der Waals surface area (Å²) < 4.78 is 16.1. The van der Waals surface area contributed by atoms with Gasteiger partial charge in [-0.2, -0.15) is 0 Å². The molecule has 2 aromatic carbocycles. The van der Waals surface area contributed by atoms with Crippen molar-refractivity contribution in [2.75, 3.05) is 19.8 Å². The Kier molecular flexibility index (Phi) is 7.03. The molecule has 0 aliphatic rings. The zero-order valence-electron chi connectivity index (χ0n) is 13.1. The molecule has 128 valence electrons. The second-order valence-corrected chi connectivity index (χ2v) is 5.51. The smallest absolute Gasteiger partial charge is 0.407 e. The number of halogens is 2. The van der Waals surface area contributed by atoms with Gasteiger partial charge in [-0.15, -0.1) is 0 Å². The number of ether oxygens (including phenoxy) is 3. The van der Waals surface area contributed by atoms with Gasteiger partial charge in [-0.05, 0) is 37.3 Å². The molecule has 5 nitrogen and oxygen atoms in total. The number of nitrogens with one attached hydrogen (secondary N) is 1. The van der Waals surface area contributed by atoms with E-state index in [-0.39, 0.29) is 13.2 Å². The first-order valence-corrected chi connectivity index (χ1v) is 8.10. The van der Waals surface area contributed by atoms with E-state index in [1.54, 1.807) is 42.5 Å². The molecule has 24 heavy (non-hydrogen) atoms. The van der Waals surface area contributed by atoms with Crippen LogP contribution in [-0.2, 0) is 4.74 Å². The van der Waals surface area contributed by atoms with Crippen molar-refractivity contribution >= 4 is 29.3 Å². The van der Waals surface area contributed by atoms with Crippen molar-refractivity contribution in [3.05, 3.63) is 52.5 Å². The second-order valence-electron chi connectivity index (χ2n) is 4.67. The predicted octanol–water partition coefficient (Wildman–Crippen LogP) is 4.91. The molecule has 2 rings (SSSR count). The lowest BCUT2D eigenvalue weighted by atomic mass is 10.3. The summed E-state index contributed by atoms with van der Waals surface area (Å²) in [4.78, 5) is 11.1. The highest BCUT2D eigenvalue weighted by atomic mass is 35.5.